The summed E-state index contributed by atoms with van der Waals surface area (Å²) in [5, 5.41) is 0. The van der Waals surface area contributed by atoms with Crippen molar-refractivity contribution >= 4 is 5.78 Å². The van der Waals surface area contributed by atoms with E-state index in [4.69, 9.17) is 0 Å². The van der Waals surface area contributed by atoms with Crippen molar-refractivity contribution in [2.24, 2.45) is 5.41 Å². The van der Waals surface area contributed by atoms with Crippen molar-refractivity contribution in [1.82, 2.24) is 0 Å². The van der Waals surface area contributed by atoms with Gasteiger partial charge in [0, 0.05) is 5.41 Å². The molecule has 14 heavy (non-hydrogen) atoms. The molecule has 72 valence electrons. The van der Waals surface area contributed by atoms with Crippen LogP contribution in [0.5, 0.6) is 0 Å². The first-order valence-electron chi connectivity index (χ1n) is 5.24. The van der Waals surface area contributed by atoms with E-state index in [0.717, 1.165) is 19.3 Å². The normalized spacial score (nSPS) is 38.4. The Labute approximate surface area is 84.1 Å². The van der Waals surface area contributed by atoms with Crippen molar-refractivity contribution in [2.45, 2.75) is 31.6 Å². The number of carbonyl (C=O) groups is 1. The van der Waals surface area contributed by atoms with Gasteiger partial charge in [-0.15, -0.1) is 0 Å². The van der Waals surface area contributed by atoms with Crippen molar-refractivity contribution in [3.8, 4) is 0 Å². The molecule has 0 aliphatic heterocycles. The maximum atomic E-state index is 11.4. The Morgan fingerprint density at radius 1 is 1.14 bits per heavy atom. The maximum Gasteiger partial charge on any atom is 0.136 e. The fraction of sp³-hybridized carbons (Fsp3) is 0.462. The molecule has 0 radical (unpaired) electrons. The molecular weight excluding hydrogens is 172 g/mol. The zero-order valence-electron chi connectivity index (χ0n) is 8.42. The summed E-state index contributed by atoms with van der Waals surface area (Å²) in [5.74, 6) is 0.398. The van der Waals surface area contributed by atoms with E-state index in [1.807, 2.05) is 0 Å². The first-order chi connectivity index (χ1) is 6.67. The van der Waals surface area contributed by atoms with Crippen LogP contribution in [0.25, 0.3) is 0 Å². The number of rotatable bonds is 2. The van der Waals surface area contributed by atoms with Crippen LogP contribution in [0.4, 0.5) is 0 Å². The molecule has 3 fully saturated rings. The lowest BCUT2D eigenvalue weighted by Crippen LogP contribution is -2.67. The highest BCUT2D eigenvalue weighted by Crippen LogP contribution is 2.73. The first-order valence-corrected chi connectivity index (χ1v) is 5.24. The molecule has 1 aromatic rings. The second-order valence-corrected chi connectivity index (χ2v) is 5.01. The average Bonchev–Trinajstić information content (AvgIpc) is 2.00. The highest BCUT2D eigenvalue weighted by molar-refractivity contribution is 5.87. The maximum absolute atomic E-state index is 11.4. The summed E-state index contributed by atoms with van der Waals surface area (Å²) in [6.07, 6.45) is 3.29. The molecule has 4 rings (SSSR count). The third-order valence-corrected chi connectivity index (χ3v) is 4.16. The van der Waals surface area contributed by atoms with Crippen LogP contribution >= 0.6 is 0 Å². The van der Waals surface area contributed by atoms with Gasteiger partial charge in [-0.25, -0.2) is 0 Å². The zero-order valence-corrected chi connectivity index (χ0v) is 8.42. The lowest BCUT2D eigenvalue weighted by Gasteiger charge is -2.70. The zero-order chi connectivity index (χ0) is 9.81. The van der Waals surface area contributed by atoms with Crippen LogP contribution in [0.1, 0.15) is 31.7 Å². The summed E-state index contributed by atoms with van der Waals surface area (Å²) in [7, 11) is 0. The Bertz CT molecular complexity index is 371. The van der Waals surface area contributed by atoms with Gasteiger partial charge in [0.05, 0.1) is 0 Å². The molecule has 1 aromatic carbocycles. The Balaban J connectivity index is 1.85. The molecule has 1 heteroatoms. The van der Waals surface area contributed by atoms with E-state index >= 15 is 0 Å². The molecule has 3 saturated carbocycles. The summed E-state index contributed by atoms with van der Waals surface area (Å²) in [6, 6.07) is 10.6. The quantitative estimate of drug-likeness (QED) is 0.694. The smallest absolute Gasteiger partial charge is 0.136 e. The highest BCUT2D eigenvalue weighted by Gasteiger charge is 2.70. The minimum absolute atomic E-state index is 0.0931. The Hall–Kier alpha value is -1.11. The lowest BCUT2D eigenvalue weighted by atomic mass is 9.32. The van der Waals surface area contributed by atoms with Crippen molar-refractivity contribution < 1.29 is 4.79 Å². The number of benzene rings is 1. The van der Waals surface area contributed by atoms with Crippen LogP contribution in [-0.2, 0) is 10.2 Å². The molecule has 2 bridgehead atoms. The predicted octanol–water partition coefficient (Wildman–Crippen LogP) is 2.70. The third-order valence-electron chi connectivity index (χ3n) is 4.16. The fourth-order valence-corrected chi connectivity index (χ4v) is 3.26. The Morgan fingerprint density at radius 3 is 2.21 bits per heavy atom. The summed E-state index contributed by atoms with van der Waals surface area (Å²) in [6.45, 7) is 1.74. The standard InChI is InChI=1S/C13H14O/c1-10(14)12-7-13(8-12,9-12)11-5-3-2-4-6-11/h2-6H,7-9H2,1H3. The Kier molecular flexibility index (Phi) is 1.34. The van der Waals surface area contributed by atoms with E-state index in [0.29, 0.717) is 11.2 Å². The summed E-state index contributed by atoms with van der Waals surface area (Å²) in [5.41, 5.74) is 1.91. The Morgan fingerprint density at radius 2 is 1.71 bits per heavy atom. The molecule has 0 spiro atoms. The van der Waals surface area contributed by atoms with E-state index in [1.165, 1.54) is 5.56 Å². The lowest BCUT2D eigenvalue weighted by molar-refractivity contribution is -0.171. The van der Waals surface area contributed by atoms with Crippen molar-refractivity contribution in [3.63, 3.8) is 0 Å². The summed E-state index contributed by atoms with van der Waals surface area (Å²) in [4.78, 5) is 11.4. The van der Waals surface area contributed by atoms with Gasteiger partial charge in [0.25, 0.3) is 0 Å². The van der Waals surface area contributed by atoms with Crippen LogP contribution in [0, 0.1) is 5.41 Å². The van der Waals surface area contributed by atoms with E-state index < -0.39 is 0 Å². The molecule has 0 N–H and O–H groups in total. The van der Waals surface area contributed by atoms with Gasteiger partial charge in [0.1, 0.15) is 5.78 Å². The molecule has 0 atom stereocenters. The molecule has 1 nitrogen and oxygen atoms in total. The van der Waals surface area contributed by atoms with Crippen LogP contribution in [0.15, 0.2) is 30.3 Å². The number of ketones is 1. The molecular formula is C13H14O. The molecule has 0 heterocycles. The van der Waals surface area contributed by atoms with E-state index in [-0.39, 0.29) is 5.41 Å². The first kappa shape index (κ1) is 8.22. The minimum Gasteiger partial charge on any atom is -0.299 e. The minimum atomic E-state index is 0.0931. The van der Waals surface area contributed by atoms with Gasteiger partial charge in [-0.3, -0.25) is 4.79 Å². The number of hydrogen-bond acceptors (Lipinski definition) is 1. The van der Waals surface area contributed by atoms with Crippen molar-refractivity contribution in [1.29, 1.82) is 0 Å². The topological polar surface area (TPSA) is 17.1 Å². The predicted molar refractivity (Wildman–Crippen MR) is 55.1 cm³/mol. The van der Waals surface area contributed by atoms with Crippen LogP contribution in [-0.4, -0.2) is 5.78 Å². The van der Waals surface area contributed by atoms with E-state index in [2.05, 4.69) is 30.3 Å². The number of carbonyl (C=O) groups excluding carboxylic acids is 1. The van der Waals surface area contributed by atoms with Gasteiger partial charge in [-0.1, -0.05) is 30.3 Å². The van der Waals surface area contributed by atoms with Crippen molar-refractivity contribution in [3.05, 3.63) is 35.9 Å². The molecule has 3 aliphatic carbocycles. The van der Waals surface area contributed by atoms with Crippen LogP contribution in [0.3, 0.4) is 0 Å². The molecule has 0 unspecified atom stereocenters. The average molecular weight is 186 g/mol. The molecule has 3 aliphatic rings. The van der Waals surface area contributed by atoms with Crippen LogP contribution < -0.4 is 0 Å². The molecule has 0 amide bonds. The molecule has 0 aromatic heterocycles. The van der Waals surface area contributed by atoms with Gasteiger partial charge < -0.3 is 0 Å². The van der Waals surface area contributed by atoms with Crippen molar-refractivity contribution in [2.75, 3.05) is 0 Å². The highest BCUT2D eigenvalue weighted by atomic mass is 16.1. The number of hydrogen-bond donors (Lipinski definition) is 0. The van der Waals surface area contributed by atoms with Gasteiger partial charge in [-0.2, -0.15) is 0 Å². The summed E-state index contributed by atoms with van der Waals surface area (Å²) >= 11 is 0. The van der Waals surface area contributed by atoms with E-state index in [9.17, 15) is 4.79 Å². The van der Waals surface area contributed by atoms with Gasteiger partial charge >= 0.3 is 0 Å². The van der Waals surface area contributed by atoms with E-state index in [1.54, 1.807) is 6.92 Å². The van der Waals surface area contributed by atoms with Crippen LogP contribution in [0.2, 0.25) is 0 Å². The monoisotopic (exact) mass is 186 g/mol. The van der Waals surface area contributed by atoms with Gasteiger partial charge in [0.15, 0.2) is 0 Å². The summed E-state index contributed by atoms with van der Waals surface area (Å²) < 4.78 is 0. The molecule has 0 saturated heterocycles. The second-order valence-electron chi connectivity index (χ2n) is 5.01. The van der Waals surface area contributed by atoms with Gasteiger partial charge in [0.2, 0.25) is 0 Å². The largest absolute Gasteiger partial charge is 0.299 e. The van der Waals surface area contributed by atoms with Gasteiger partial charge in [-0.05, 0) is 37.2 Å². The fourth-order valence-electron chi connectivity index (χ4n) is 3.26. The second kappa shape index (κ2) is 2.28. The third kappa shape index (κ3) is 0.783. The number of Topliss-reactive ketones (excluding diaryl/α,β-unsaturated/α-hetero) is 1. The SMILES string of the molecule is CC(=O)C12CC(c3ccccc3)(C1)C2.